The highest BCUT2D eigenvalue weighted by molar-refractivity contribution is 7.79. The Hall–Kier alpha value is -1.31. The maximum atomic E-state index is 8.96. The summed E-state index contributed by atoms with van der Waals surface area (Å²) in [7, 11) is -4.67. The highest BCUT2D eigenvalue weighted by atomic mass is 32.3. The zero-order valence-corrected chi connectivity index (χ0v) is 8.06. The number of phenols is 2. The summed E-state index contributed by atoms with van der Waals surface area (Å²) in [4.78, 5) is 0. The van der Waals surface area contributed by atoms with Gasteiger partial charge in [0.1, 0.15) is 0 Å². The van der Waals surface area contributed by atoms with Crippen LogP contribution >= 0.6 is 0 Å². The molecule has 0 aromatic heterocycles. The number of aryl methyl sites for hydroxylation is 1. The quantitative estimate of drug-likeness (QED) is 0.380. The number of rotatable bonds is 0. The smallest absolute Gasteiger partial charge is 0.394 e. The van der Waals surface area contributed by atoms with Crippen molar-refractivity contribution in [1.29, 1.82) is 0 Å². The van der Waals surface area contributed by atoms with Crippen LogP contribution in [0.2, 0.25) is 0 Å². The van der Waals surface area contributed by atoms with Crippen molar-refractivity contribution in [3.63, 3.8) is 0 Å². The summed E-state index contributed by atoms with van der Waals surface area (Å²) >= 11 is 0. The van der Waals surface area contributed by atoms with Crippen molar-refractivity contribution in [1.82, 2.24) is 0 Å². The van der Waals surface area contributed by atoms with Gasteiger partial charge < -0.3 is 10.2 Å². The molecule has 4 N–H and O–H groups in total. The number of para-hydroxylation sites is 1. The third kappa shape index (κ3) is 6.23. The first kappa shape index (κ1) is 12.7. The summed E-state index contributed by atoms with van der Waals surface area (Å²) < 4.78 is 31.6. The van der Waals surface area contributed by atoms with Gasteiger partial charge in [-0.2, -0.15) is 8.42 Å². The molecule has 0 aliphatic heterocycles. The van der Waals surface area contributed by atoms with Crippen LogP contribution in [0, 0.1) is 6.92 Å². The second kappa shape index (κ2) is 4.80. The highest BCUT2D eigenvalue weighted by Crippen LogP contribution is 2.26. The molecule has 7 heteroatoms. The maximum Gasteiger partial charge on any atom is 0.394 e. The first-order valence-corrected chi connectivity index (χ1v) is 4.79. The van der Waals surface area contributed by atoms with Gasteiger partial charge >= 0.3 is 10.4 Å². The fraction of sp³-hybridized carbons (Fsp3) is 0.143. The van der Waals surface area contributed by atoms with E-state index in [0.29, 0.717) is 5.56 Å². The highest BCUT2D eigenvalue weighted by Gasteiger charge is 1.98. The number of aromatic hydroxyl groups is 2. The van der Waals surface area contributed by atoms with Gasteiger partial charge in [-0.3, -0.25) is 9.11 Å². The predicted molar refractivity (Wildman–Crippen MR) is 48.7 cm³/mol. The van der Waals surface area contributed by atoms with Crippen LogP contribution in [0.15, 0.2) is 18.2 Å². The molecule has 1 aromatic carbocycles. The summed E-state index contributed by atoms with van der Waals surface area (Å²) in [5.74, 6) is -0.0903. The van der Waals surface area contributed by atoms with E-state index >= 15 is 0 Å². The maximum absolute atomic E-state index is 8.96. The molecule has 0 bridgehead atoms. The standard InChI is InChI=1S/C7H8O2.H2O4S/c1-5-3-2-4-6(8)7(5)9;1-5(2,3)4/h2-4,8-9H,1H3;(H2,1,2,3,4). The lowest BCUT2D eigenvalue weighted by molar-refractivity contribution is 0.381. The third-order valence-electron chi connectivity index (χ3n) is 1.22. The number of hydrogen-bond donors (Lipinski definition) is 4. The minimum absolute atomic E-state index is 0.0301. The van der Waals surface area contributed by atoms with E-state index in [9.17, 15) is 0 Å². The molecule has 80 valence electrons. The normalized spacial score (nSPS) is 10.2. The molecular formula is C7H10O6S. The molecule has 0 amide bonds. The van der Waals surface area contributed by atoms with Crippen LogP contribution in [-0.4, -0.2) is 27.7 Å². The van der Waals surface area contributed by atoms with Crippen LogP contribution in [-0.2, 0) is 10.4 Å². The lowest BCUT2D eigenvalue weighted by Gasteiger charge is -1.97. The Balaban J connectivity index is 0.000000292. The summed E-state index contributed by atoms with van der Waals surface area (Å²) in [6.07, 6.45) is 0. The molecule has 6 nitrogen and oxygen atoms in total. The Kier molecular flexibility index (Phi) is 4.35. The van der Waals surface area contributed by atoms with Crippen molar-refractivity contribution >= 4 is 10.4 Å². The van der Waals surface area contributed by atoms with Gasteiger partial charge in [0.2, 0.25) is 0 Å². The van der Waals surface area contributed by atoms with Crippen LogP contribution in [0.4, 0.5) is 0 Å². The van der Waals surface area contributed by atoms with Crippen LogP contribution in [0.1, 0.15) is 5.56 Å². The molecular weight excluding hydrogens is 212 g/mol. The zero-order valence-electron chi connectivity index (χ0n) is 7.25. The van der Waals surface area contributed by atoms with Gasteiger partial charge in [-0.05, 0) is 18.6 Å². The fourth-order valence-corrected chi connectivity index (χ4v) is 0.643. The summed E-state index contributed by atoms with van der Waals surface area (Å²) in [6.45, 7) is 1.73. The number of phenolic OH excluding ortho intramolecular Hbond substituents is 2. The monoisotopic (exact) mass is 222 g/mol. The molecule has 1 rings (SSSR count). The molecule has 0 radical (unpaired) electrons. The topological polar surface area (TPSA) is 115 Å². The predicted octanol–water partition coefficient (Wildman–Crippen LogP) is 0.753. The lowest BCUT2D eigenvalue weighted by atomic mass is 10.2. The molecule has 0 aliphatic carbocycles. The summed E-state index contributed by atoms with van der Waals surface area (Å²) in [5.41, 5.74) is 0.690. The molecule has 0 fully saturated rings. The van der Waals surface area contributed by atoms with Crippen LogP contribution < -0.4 is 0 Å². The van der Waals surface area contributed by atoms with E-state index in [1.165, 1.54) is 6.07 Å². The average Bonchev–Trinajstić information content (AvgIpc) is 1.97. The van der Waals surface area contributed by atoms with Crippen LogP contribution in [0.25, 0.3) is 0 Å². The van der Waals surface area contributed by atoms with E-state index in [-0.39, 0.29) is 11.5 Å². The molecule has 0 saturated carbocycles. The molecule has 0 heterocycles. The van der Waals surface area contributed by atoms with Crippen molar-refractivity contribution in [2.24, 2.45) is 0 Å². The van der Waals surface area contributed by atoms with Crippen molar-refractivity contribution < 1.29 is 27.7 Å². The number of hydrogen-bond acceptors (Lipinski definition) is 4. The molecule has 1 aromatic rings. The van der Waals surface area contributed by atoms with Gasteiger partial charge in [0.15, 0.2) is 11.5 Å². The van der Waals surface area contributed by atoms with Crippen LogP contribution in [0.3, 0.4) is 0 Å². The molecule has 0 unspecified atom stereocenters. The molecule has 0 aliphatic rings. The molecule has 14 heavy (non-hydrogen) atoms. The SMILES string of the molecule is Cc1cccc(O)c1O.O=S(=O)(O)O. The van der Waals surface area contributed by atoms with Gasteiger partial charge in [-0.25, -0.2) is 0 Å². The summed E-state index contributed by atoms with van der Waals surface area (Å²) in [6, 6.07) is 4.86. The number of benzene rings is 1. The molecule has 0 saturated heterocycles. The Morgan fingerprint density at radius 2 is 1.57 bits per heavy atom. The minimum atomic E-state index is -4.67. The van der Waals surface area contributed by atoms with E-state index in [1.807, 2.05) is 0 Å². The zero-order chi connectivity index (χ0) is 11.4. The largest absolute Gasteiger partial charge is 0.504 e. The van der Waals surface area contributed by atoms with E-state index in [0.717, 1.165) is 0 Å². The lowest BCUT2D eigenvalue weighted by Crippen LogP contribution is -1.89. The molecule has 0 spiro atoms. The van der Waals surface area contributed by atoms with Gasteiger partial charge in [0, 0.05) is 0 Å². The van der Waals surface area contributed by atoms with Crippen molar-refractivity contribution in [3.05, 3.63) is 23.8 Å². The van der Waals surface area contributed by atoms with E-state index in [1.54, 1.807) is 19.1 Å². The van der Waals surface area contributed by atoms with E-state index in [2.05, 4.69) is 0 Å². The Labute approximate surface area is 81.0 Å². The second-order valence-corrected chi connectivity index (χ2v) is 3.29. The Bertz CT molecular complexity index is 368. The summed E-state index contributed by atoms with van der Waals surface area (Å²) in [5, 5.41) is 17.8. The van der Waals surface area contributed by atoms with Crippen molar-refractivity contribution in [2.45, 2.75) is 6.92 Å². The van der Waals surface area contributed by atoms with Crippen molar-refractivity contribution in [2.75, 3.05) is 0 Å². The average molecular weight is 222 g/mol. The first-order valence-electron chi connectivity index (χ1n) is 3.39. The van der Waals surface area contributed by atoms with Gasteiger partial charge in [-0.1, -0.05) is 12.1 Å². The fourth-order valence-electron chi connectivity index (χ4n) is 0.643. The Morgan fingerprint density at radius 1 is 1.14 bits per heavy atom. The van der Waals surface area contributed by atoms with Gasteiger partial charge in [0.05, 0.1) is 0 Å². The Morgan fingerprint density at radius 3 is 1.86 bits per heavy atom. The minimum Gasteiger partial charge on any atom is -0.504 e. The first-order chi connectivity index (χ1) is 6.22. The van der Waals surface area contributed by atoms with Crippen LogP contribution in [0.5, 0.6) is 11.5 Å². The van der Waals surface area contributed by atoms with Crippen molar-refractivity contribution in [3.8, 4) is 11.5 Å². The van der Waals surface area contributed by atoms with E-state index < -0.39 is 10.4 Å². The molecule has 0 atom stereocenters. The van der Waals surface area contributed by atoms with Gasteiger partial charge in [-0.15, -0.1) is 0 Å². The second-order valence-electron chi connectivity index (χ2n) is 2.39. The third-order valence-corrected chi connectivity index (χ3v) is 1.22. The van der Waals surface area contributed by atoms with Gasteiger partial charge in [0.25, 0.3) is 0 Å². The van der Waals surface area contributed by atoms with E-state index in [4.69, 9.17) is 27.7 Å².